The maximum Gasteiger partial charge on any atom is 0.273 e. The summed E-state index contributed by atoms with van der Waals surface area (Å²) in [6, 6.07) is 10.5. The van der Waals surface area contributed by atoms with Crippen LogP contribution in [0.25, 0.3) is 0 Å². The Labute approximate surface area is 194 Å². The lowest BCUT2D eigenvalue weighted by Gasteiger charge is -2.30. The Hall–Kier alpha value is -4.15. The zero-order chi connectivity index (χ0) is 24.6. The highest BCUT2D eigenvalue weighted by Crippen LogP contribution is 2.41. The maximum atomic E-state index is 13.5. The Morgan fingerprint density at radius 1 is 0.971 bits per heavy atom. The van der Waals surface area contributed by atoms with Crippen LogP contribution in [0.5, 0.6) is 0 Å². The van der Waals surface area contributed by atoms with Crippen LogP contribution in [-0.4, -0.2) is 37.6 Å². The van der Waals surface area contributed by atoms with Gasteiger partial charge in [0.2, 0.25) is 0 Å². The predicted octanol–water partition coefficient (Wildman–Crippen LogP) is 3.48. The zero-order valence-corrected chi connectivity index (χ0v) is 18.3. The van der Waals surface area contributed by atoms with Crippen molar-refractivity contribution in [1.82, 2.24) is 10.0 Å². The van der Waals surface area contributed by atoms with E-state index in [1.807, 2.05) is 6.92 Å². The lowest BCUT2D eigenvalue weighted by molar-refractivity contribution is -0.385. The minimum Gasteiger partial charge on any atom is -0.272 e. The molecule has 176 valence electrons. The molecule has 1 heterocycles. The van der Waals surface area contributed by atoms with Crippen LogP contribution in [0, 0.1) is 38.0 Å². The van der Waals surface area contributed by atoms with Gasteiger partial charge in [-0.3, -0.25) is 34.6 Å². The Balaban J connectivity index is 1.72. The summed E-state index contributed by atoms with van der Waals surface area (Å²) < 4.78 is 0. The van der Waals surface area contributed by atoms with Gasteiger partial charge in [0.1, 0.15) is 0 Å². The van der Waals surface area contributed by atoms with Crippen molar-refractivity contribution >= 4 is 29.1 Å². The van der Waals surface area contributed by atoms with Crippen LogP contribution in [0.4, 0.5) is 11.4 Å². The number of carbonyl (C=O) groups excluding carboxylic acids is 3. The lowest BCUT2D eigenvalue weighted by atomic mass is 9.76. The molecule has 11 heteroatoms. The molecule has 4 rings (SSSR count). The third-order valence-corrected chi connectivity index (χ3v) is 6.42. The number of nitro groups is 2. The van der Waals surface area contributed by atoms with Gasteiger partial charge in [-0.2, -0.15) is 5.01 Å². The van der Waals surface area contributed by atoms with Crippen molar-refractivity contribution < 1.29 is 24.2 Å². The molecule has 1 aliphatic heterocycles. The number of nitro benzene ring substituents is 2. The minimum absolute atomic E-state index is 0.0556. The molecule has 0 bridgehead atoms. The number of nitrogens with zero attached hydrogens (tertiary/aromatic N) is 4. The molecule has 2 aromatic rings. The Bertz CT molecular complexity index is 1180. The number of imide groups is 1. The Kier molecular flexibility index (Phi) is 6.10. The number of carbonyl (C=O) groups is 3. The summed E-state index contributed by atoms with van der Waals surface area (Å²) in [5, 5.41) is 24.0. The summed E-state index contributed by atoms with van der Waals surface area (Å²) in [4.78, 5) is 61.0. The molecule has 3 atom stereocenters. The van der Waals surface area contributed by atoms with Crippen molar-refractivity contribution in [1.29, 1.82) is 0 Å². The largest absolute Gasteiger partial charge is 0.273 e. The molecular formula is C23H22N4O7. The number of hydrogen-bond acceptors (Lipinski definition) is 7. The summed E-state index contributed by atoms with van der Waals surface area (Å²) in [6.07, 6.45) is 1.89. The van der Waals surface area contributed by atoms with Crippen molar-refractivity contribution in [2.45, 2.75) is 32.7 Å². The molecule has 0 unspecified atom stereocenters. The van der Waals surface area contributed by atoms with E-state index in [4.69, 9.17) is 0 Å². The van der Waals surface area contributed by atoms with E-state index in [0.29, 0.717) is 18.4 Å². The smallest absolute Gasteiger partial charge is 0.272 e. The highest BCUT2D eigenvalue weighted by molar-refractivity contribution is 6.07. The fourth-order valence-electron chi connectivity index (χ4n) is 4.64. The van der Waals surface area contributed by atoms with Crippen LogP contribution in [0.15, 0.2) is 48.5 Å². The van der Waals surface area contributed by atoms with Gasteiger partial charge < -0.3 is 0 Å². The van der Waals surface area contributed by atoms with Gasteiger partial charge in [0, 0.05) is 29.8 Å². The van der Waals surface area contributed by atoms with E-state index in [-0.39, 0.29) is 29.4 Å². The molecule has 0 aromatic heterocycles. The lowest BCUT2D eigenvalue weighted by Crippen LogP contribution is -2.49. The number of rotatable bonds is 6. The Morgan fingerprint density at radius 3 is 2.26 bits per heavy atom. The number of non-ortho nitro benzene ring substituents is 2. The normalized spacial score (nSPS) is 21.8. The van der Waals surface area contributed by atoms with E-state index in [1.165, 1.54) is 42.5 Å². The van der Waals surface area contributed by atoms with Crippen LogP contribution < -0.4 is 0 Å². The fourth-order valence-corrected chi connectivity index (χ4v) is 4.64. The van der Waals surface area contributed by atoms with Crippen LogP contribution in [0.2, 0.25) is 0 Å². The topological polar surface area (TPSA) is 144 Å². The summed E-state index contributed by atoms with van der Waals surface area (Å²) in [7, 11) is 0. The van der Waals surface area contributed by atoms with Gasteiger partial charge in [-0.05, 0) is 36.8 Å². The second-order valence-corrected chi connectivity index (χ2v) is 8.71. The van der Waals surface area contributed by atoms with E-state index in [0.717, 1.165) is 22.5 Å². The van der Waals surface area contributed by atoms with Crippen molar-refractivity contribution in [3.63, 3.8) is 0 Å². The van der Waals surface area contributed by atoms with Gasteiger partial charge >= 0.3 is 0 Å². The highest BCUT2D eigenvalue weighted by atomic mass is 16.6. The second-order valence-electron chi connectivity index (χ2n) is 8.71. The third kappa shape index (κ3) is 4.24. The van der Waals surface area contributed by atoms with Gasteiger partial charge in [0.25, 0.3) is 29.1 Å². The first-order chi connectivity index (χ1) is 16.2. The molecule has 0 radical (unpaired) electrons. The summed E-state index contributed by atoms with van der Waals surface area (Å²) in [5.74, 6) is -2.46. The highest BCUT2D eigenvalue weighted by Gasteiger charge is 2.52. The average molecular weight is 466 g/mol. The van der Waals surface area contributed by atoms with Gasteiger partial charge in [0.05, 0.1) is 28.2 Å². The molecule has 34 heavy (non-hydrogen) atoms. The van der Waals surface area contributed by atoms with Crippen molar-refractivity contribution in [2.75, 3.05) is 0 Å². The van der Waals surface area contributed by atoms with Gasteiger partial charge in [-0.1, -0.05) is 25.1 Å². The molecule has 1 aliphatic carbocycles. The van der Waals surface area contributed by atoms with Crippen LogP contribution in [0.3, 0.4) is 0 Å². The van der Waals surface area contributed by atoms with E-state index >= 15 is 0 Å². The van der Waals surface area contributed by atoms with Crippen molar-refractivity contribution in [3.8, 4) is 0 Å². The van der Waals surface area contributed by atoms with Crippen LogP contribution >= 0.6 is 0 Å². The molecule has 2 aliphatic rings. The Morgan fingerprint density at radius 2 is 1.62 bits per heavy atom. The first kappa shape index (κ1) is 23.0. The minimum atomic E-state index is -0.754. The number of amides is 3. The quantitative estimate of drug-likeness (QED) is 0.360. The van der Waals surface area contributed by atoms with Crippen LogP contribution in [0.1, 0.15) is 42.1 Å². The third-order valence-electron chi connectivity index (χ3n) is 6.42. The van der Waals surface area contributed by atoms with E-state index < -0.39 is 39.4 Å². The zero-order valence-electron chi connectivity index (χ0n) is 18.3. The predicted molar refractivity (Wildman–Crippen MR) is 118 cm³/mol. The summed E-state index contributed by atoms with van der Waals surface area (Å²) >= 11 is 0. The van der Waals surface area contributed by atoms with E-state index in [1.54, 1.807) is 0 Å². The molecule has 3 amide bonds. The van der Waals surface area contributed by atoms with Gasteiger partial charge in [0.15, 0.2) is 0 Å². The first-order valence-electron chi connectivity index (χ1n) is 10.8. The molecule has 0 spiro atoms. The molecule has 0 N–H and O–H groups in total. The second kappa shape index (κ2) is 9.00. The molecule has 2 aromatic carbocycles. The van der Waals surface area contributed by atoms with Crippen molar-refractivity contribution in [2.24, 2.45) is 17.8 Å². The molecule has 2 fully saturated rings. The van der Waals surface area contributed by atoms with Crippen LogP contribution in [-0.2, 0) is 16.1 Å². The van der Waals surface area contributed by atoms with E-state index in [2.05, 4.69) is 0 Å². The SMILES string of the molecule is C[C@@H]1CC[C@H]2C(=O)N(N(Cc3ccc([N+](=O)[O-])cc3)C(=O)c3cccc([N+](=O)[O-])c3)C(=O)[C@H]2C1. The fraction of sp³-hybridized carbons (Fsp3) is 0.348. The van der Waals surface area contributed by atoms with Gasteiger partial charge in [-0.25, -0.2) is 5.01 Å². The number of fused-ring (bicyclic) bond motifs is 1. The molecular weight excluding hydrogens is 444 g/mol. The molecule has 11 nitrogen and oxygen atoms in total. The summed E-state index contributed by atoms with van der Waals surface area (Å²) in [5.41, 5.74) is -0.0514. The first-order valence-corrected chi connectivity index (χ1v) is 10.8. The number of benzene rings is 2. The van der Waals surface area contributed by atoms with Crippen molar-refractivity contribution in [3.05, 3.63) is 79.9 Å². The van der Waals surface area contributed by atoms with E-state index in [9.17, 15) is 34.6 Å². The number of hydrogen-bond donors (Lipinski definition) is 0. The van der Waals surface area contributed by atoms with Gasteiger partial charge in [-0.15, -0.1) is 0 Å². The maximum absolute atomic E-state index is 13.5. The standard InChI is InChI=1S/C23H22N4O7/c1-14-5-10-19-20(11-14)23(30)25(22(19)29)24(13-15-6-8-17(9-7-15)26(31)32)21(28)16-3-2-4-18(12-16)27(33)34/h2-4,6-9,12,14,19-20H,5,10-11,13H2,1H3/t14-,19-,20+/m1/s1. The average Bonchev–Trinajstić information content (AvgIpc) is 3.06. The summed E-state index contributed by atoms with van der Waals surface area (Å²) in [6.45, 7) is 1.80. The monoisotopic (exact) mass is 466 g/mol. The molecule has 1 saturated heterocycles. The number of hydrazine groups is 1. The molecule has 1 saturated carbocycles.